The summed E-state index contributed by atoms with van der Waals surface area (Å²) >= 11 is 0. The molecule has 3 nitrogen and oxygen atoms in total. The molecule has 21 heavy (non-hydrogen) atoms. The van der Waals surface area contributed by atoms with E-state index in [4.69, 9.17) is 5.26 Å². The van der Waals surface area contributed by atoms with Gasteiger partial charge in [-0.1, -0.05) is 6.07 Å². The van der Waals surface area contributed by atoms with Gasteiger partial charge in [0.05, 0.1) is 17.2 Å². The number of alkyl halides is 3. The third-order valence-corrected chi connectivity index (χ3v) is 2.90. The Bertz CT molecular complexity index is 715. The highest BCUT2D eigenvalue weighted by atomic mass is 19.4. The Morgan fingerprint density at radius 2 is 1.86 bits per heavy atom. The van der Waals surface area contributed by atoms with Gasteiger partial charge < -0.3 is 5.32 Å². The summed E-state index contributed by atoms with van der Waals surface area (Å²) in [4.78, 5) is 4.15. The van der Waals surface area contributed by atoms with Crippen LogP contribution in [0.3, 0.4) is 0 Å². The normalized spacial score (nSPS) is 11.0. The average molecular weight is 291 g/mol. The molecule has 2 aromatic rings. The molecule has 0 radical (unpaired) electrons. The molecule has 1 aromatic carbocycles. The maximum Gasteiger partial charge on any atom is 0.416 e. The number of nitriles is 1. The molecule has 0 spiro atoms. The number of benzene rings is 1. The number of aryl methyl sites for hydroxylation is 2. The van der Waals surface area contributed by atoms with Gasteiger partial charge in [0.1, 0.15) is 5.82 Å². The zero-order chi connectivity index (χ0) is 15.6. The number of rotatable bonds is 2. The lowest BCUT2D eigenvalue weighted by Crippen LogP contribution is -2.08. The topological polar surface area (TPSA) is 48.7 Å². The number of aromatic nitrogens is 1. The Balaban J connectivity index is 2.37. The minimum absolute atomic E-state index is 0.156. The van der Waals surface area contributed by atoms with Crippen molar-refractivity contribution < 1.29 is 13.2 Å². The van der Waals surface area contributed by atoms with Gasteiger partial charge in [-0.2, -0.15) is 18.4 Å². The second kappa shape index (κ2) is 5.44. The Morgan fingerprint density at radius 1 is 1.14 bits per heavy atom. The number of hydrogen-bond acceptors (Lipinski definition) is 3. The quantitative estimate of drug-likeness (QED) is 0.895. The Morgan fingerprint density at radius 3 is 2.48 bits per heavy atom. The lowest BCUT2D eigenvalue weighted by Gasteiger charge is -2.13. The van der Waals surface area contributed by atoms with Crippen LogP contribution in [-0.2, 0) is 6.18 Å². The summed E-state index contributed by atoms with van der Waals surface area (Å²) in [5.41, 5.74) is 0.742. The first-order chi connectivity index (χ1) is 9.79. The Hall–Kier alpha value is -2.55. The molecular formula is C15H12F3N3. The van der Waals surface area contributed by atoms with Crippen molar-refractivity contribution in [3.8, 4) is 6.07 Å². The van der Waals surface area contributed by atoms with Crippen LogP contribution in [0.5, 0.6) is 0 Å². The van der Waals surface area contributed by atoms with E-state index in [0.29, 0.717) is 17.1 Å². The number of nitrogens with one attached hydrogen (secondary N) is 1. The first-order valence-corrected chi connectivity index (χ1v) is 6.13. The van der Waals surface area contributed by atoms with Crippen molar-refractivity contribution >= 4 is 11.5 Å². The van der Waals surface area contributed by atoms with E-state index in [0.717, 1.165) is 6.07 Å². The summed E-state index contributed by atoms with van der Waals surface area (Å²) in [6.07, 6.45) is -4.40. The fourth-order valence-electron chi connectivity index (χ4n) is 1.95. The summed E-state index contributed by atoms with van der Waals surface area (Å²) < 4.78 is 38.6. The molecule has 0 aliphatic rings. The highest BCUT2D eigenvalue weighted by Crippen LogP contribution is 2.34. The molecule has 0 aliphatic carbocycles. The highest BCUT2D eigenvalue weighted by molar-refractivity contribution is 5.60. The van der Waals surface area contributed by atoms with E-state index in [-0.39, 0.29) is 11.3 Å². The third kappa shape index (κ3) is 3.51. The van der Waals surface area contributed by atoms with Gasteiger partial charge in [-0.05, 0) is 43.7 Å². The SMILES string of the molecule is Cc1cc(C#N)cc(Nc2ccc(C)c(C(F)(F)F)c2)n1. The highest BCUT2D eigenvalue weighted by Gasteiger charge is 2.32. The van der Waals surface area contributed by atoms with Crippen molar-refractivity contribution in [1.29, 1.82) is 5.26 Å². The smallest absolute Gasteiger partial charge is 0.340 e. The molecule has 1 heterocycles. The third-order valence-electron chi connectivity index (χ3n) is 2.90. The zero-order valence-electron chi connectivity index (χ0n) is 11.4. The second-order valence-electron chi connectivity index (χ2n) is 4.65. The molecule has 0 saturated carbocycles. The van der Waals surface area contributed by atoms with E-state index < -0.39 is 11.7 Å². The largest absolute Gasteiger partial charge is 0.416 e. The zero-order valence-corrected chi connectivity index (χ0v) is 11.4. The minimum Gasteiger partial charge on any atom is -0.340 e. The average Bonchev–Trinajstić information content (AvgIpc) is 2.39. The Labute approximate surface area is 120 Å². The van der Waals surface area contributed by atoms with Gasteiger partial charge >= 0.3 is 6.18 Å². The molecule has 0 atom stereocenters. The van der Waals surface area contributed by atoms with Crippen molar-refractivity contribution in [3.05, 3.63) is 52.7 Å². The molecule has 1 N–H and O–H groups in total. The van der Waals surface area contributed by atoms with Crippen LogP contribution in [0, 0.1) is 25.2 Å². The van der Waals surface area contributed by atoms with Crippen LogP contribution in [-0.4, -0.2) is 4.98 Å². The van der Waals surface area contributed by atoms with Crippen molar-refractivity contribution in [1.82, 2.24) is 4.98 Å². The van der Waals surface area contributed by atoms with Crippen LogP contribution in [0.2, 0.25) is 0 Å². The van der Waals surface area contributed by atoms with Gasteiger partial charge in [-0.25, -0.2) is 4.98 Å². The minimum atomic E-state index is -4.40. The summed E-state index contributed by atoms with van der Waals surface area (Å²) in [6, 6.07) is 9.03. The molecule has 108 valence electrons. The summed E-state index contributed by atoms with van der Waals surface area (Å²) in [5, 5.41) is 11.7. The predicted octanol–water partition coefficient (Wildman–Crippen LogP) is 4.33. The fraction of sp³-hybridized carbons (Fsp3) is 0.200. The molecule has 1 aromatic heterocycles. The number of anilines is 2. The second-order valence-corrected chi connectivity index (χ2v) is 4.65. The van der Waals surface area contributed by atoms with Crippen molar-refractivity contribution in [2.75, 3.05) is 5.32 Å². The van der Waals surface area contributed by atoms with Crippen molar-refractivity contribution in [2.45, 2.75) is 20.0 Å². The van der Waals surface area contributed by atoms with E-state index in [9.17, 15) is 13.2 Å². The molecule has 2 rings (SSSR count). The lowest BCUT2D eigenvalue weighted by molar-refractivity contribution is -0.138. The molecule has 6 heteroatoms. The number of pyridine rings is 1. The number of hydrogen-bond donors (Lipinski definition) is 1. The Kier molecular flexibility index (Phi) is 3.85. The van der Waals surface area contributed by atoms with Crippen LogP contribution in [0.1, 0.15) is 22.4 Å². The van der Waals surface area contributed by atoms with Crippen LogP contribution < -0.4 is 5.32 Å². The number of halogens is 3. The van der Waals surface area contributed by atoms with E-state index in [1.54, 1.807) is 19.1 Å². The summed E-state index contributed by atoms with van der Waals surface area (Å²) in [6.45, 7) is 3.12. The van der Waals surface area contributed by atoms with Gasteiger partial charge in [0.2, 0.25) is 0 Å². The van der Waals surface area contributed by atoms with E-state index in [2.05, 4.69) is 10.3 Å². The van der Waals surface area contributed by atoms with Gasteiger partial charge in [-0.3, -0.25) is 0 Å². The van der Waals surface area contributed by atoms with E-state index >= 15 is 0 Å². The molecule has 0 fully saturated rings. The van der Waals surface area contributed by atoms with Crippen LogP contribution >= 0.6 is 0 Å². The van der Waals surface area contributed by atoms with Crippen LogP contribution in [0.25, 0.3) is 0 Å². The van der Waals surface area contributed by atoms with Crippen LogP contribution in [0.15, 0.2) is 30.3 Å². The molecule has 0 saturated heterocycles. The van der Waals surface area contributed by atoms with Crippen molar-refractivity contribution in [2.24, 2.45) is 0 Å². The first kappa shape index (κ1) is 14.9. The van der Waals surface area contributed by atoms with Gasteiger partial charge in [0.15, 0.2) is 0 Å². The maximum atomic E-state index is 12.9. The van der Waals surface area contributed by atoms with Crippen molar-refractivity contribution in [3.63, 3.8) is 0 Å². The summed E-state index contributed by atoms with van der Waals surface area (Å²) in [5.74, 6) is 0.337. The van der Waals surface area contributed by atoms with Gasteiger partial charge in [-0.15, -0.1) is 0 Å². The van der Waals surface area contributed by atoms with Gasteiger partial charge in [0, 0.05) is 11.4 Å². The fourth-order valence-corrected chi connectivity index (χ4v) is 1.95. The first-order valence-electron chi connectivity index (χ1n) is 6.13. The molecular weight excluding hydrogens is 279 g/mol. The van der Waals surface area contributed by atoms with Gasteiger partial charge in [0.25, 0.3) is 0 Å². The molecule has 0 unspecified atom stereocenters. The summed E-state index contributed by atoms with van der Waals surface area (Å²) in [7, 11) is 0. The van der Waals surface area contributed by atoms with Crippen LogP contribution in [0.4, 0.5) is 24.7 Å². The molecule has 0 bridgehead atoms. The number of nitrogens with zero attached hydrogens (tertiary/aromatic N) is 2. The predicted molar refractivity (Wildman–Crippen MR) is 73.2 cm³/mol. The molecule has 0 aliphatic heterocycles. The van der Waals surface area contributed by atoms with E-state index in [1.165, 1.54) is 19.1 Å². The lowest BCUT2D eigenvalue weighted by atomic mass is 10.1. The standard InChI is InChI=1S/C15H12F3N3/c1-9-3-4-12(7-13(9)15(16,17)18)21-14-6-11(8-19)5-10(2)20-14/h3-7H,1-2H3,(H,20,21). The maximum absolute atomic E-state index is 12.9. The molecule has 0 amide bonds. The monoisotopic (exact) mass is 291 g/mol. The van der Waals surface area contributed by atoms with E-state index in [1.807, 2.05) is 6.07 Å².